The summed E-state index contributed by atoms with van der Waals surface area (Å²) in [5.41, 5.74) is -0.344. The number of sulfonamides is 1. The summed E-state index contributed by atoms with van der Waals surface area (Å²) in [6.45, 7) is 3.78. The number of benzene rings is 3. The number of piperidine rings is 1. The van der Waals surface area contributed by atoms with Crippen molar-refractivity contribution < 1.29 is 39.8 Å². The van der Waals surface area contributed by atoms with Crippen LogP contribution >= 0.6 is 11.6 Å². The van der Waals surface area contributed by atoms with Crippen LogP contribution in [-0.2, 0) is 29.2 Å². The molecular weight excluding hydrogens is 729 g/mol. The molecule has 52 heavy (non-hydrogen) atoms. The maximum atomic E-state index is 16.1. The van der Waals surface area contributed by atoms with Gasteiger partial charge in [0.2, 0.25) is 0 Å². The van der Waals surface area contributed by atoms with Gasteiger partial charge in [-0.1, -0.05) is 17.7 Å². The van der Waals surface area contributed by atoms with Gasteiger partial charge in [-0.15, -0.1) is 0 Å². The molecule has 3 aromatic rings. The van der Waals surface area contributed by atoms with Gasteiger partial charge in [0.1, 0.15) is 29.0 Å². The number of hydrogen-bond acceptors (Lipinski definition) is 8. The smallest absolute Gasteiger partial charge is 0.417 e. The zero-order valence-corrected chi connectivity index (χ0v) is 31.0. The average molecular weight is 770 g/mol. The van der Waals surface area contributed by atoms with E-state index in [9.17, 15) is 21.6 Å². The SMILES string of the molecule is C=N/C(=C\C=N/C)N(Cc1ccc(OC)cc1OC)S(=O)(=O)c1c(F)cc(N2CCC[C@@](CCc3ccc(C(F)(F)F)c(Cl)c3)(N(C)C)C2)cc1F. The lowest BCUT2D eigenvalue weighted by Gasteiger charge is -2.48. The van der Waals surface area contributed by atoms with Crippen LogP contribution < -0.4 is 14.4 Å². The van der Waals surface area contributed by atoms with E-state index in [1.807, 2.05) is 19.0 Å². The Bertz CT molecular complexity index is 1920. The molecule has 16 heteroatoms. The Kier molecular flexibility index (Phi) is 13.0. The monoisotopic (exact) mass is 769 g/mol. The van der Waals surface area contributed by atoms with E-state index in [0.29, 0.717) is 55.6 Å². The molecule has 0 unspecified atom stereocenters. The fraction of sp³-hybridized carbons (Fsp3) is 0.389. The van der Waals surface area contributed by atoms with Crippen LogP contribution in [0.15, 0.2) is 75.3 Å². The molecule has 0 saturated carbocycles. The molecule has 1 aliphatic rings. The van der Waals surface area contributed by atoms with E-state index in [-0.39, 0.29) is 22.3 Å². The van der Waals surface area contributed by atoms with Gasteiger partial charge in [-0.05, 0) is 94.5 Å². The molecule has 1 heterocycles. The average Bonchev–Trinajstić information content (AvgIpc) is 3.09. The number of halogens is 6. The topological polar surface area (TPSA) is 87.0 Å². The molecule has 0 aliphatic carbocycles. The van der Waals surface area contributed by atoms with Crippen molar-refractivity contribution in [1.29, 1.82) is 0 Å². The van der Waals surface area contributed by atoms with Crippen molar-refractivity contribution in [2.45, 2.75) is 48.8 Å². The first-order valence-electron chi connectivity index (χ1n) is 16.1. The van der Waals surface area contributed by atoms with E-state index in [1.165, 1.54) is 45.7 Å². The number of aryl methyl sites for hydroxylation is 1. The van der Waals surface area contributed by atoms with E-state index in [2.05, 4.69) is 16.7 Å². The van der Waals surface area contributed by atoms with Crippen LogP contribution in [0.3, 0.4) is 0 Å². The summed E-state index contributed by atoms with van der Waals surface area (Å²) in [4.78, 5) is 10.3. The van der Waals surface area contributed by atoms with Crippen molar-refractivity contribution in [2.24, 2.45) is 9.98 Å². The number of ether oxygens (including phenoxy) is 2. The first-order chi connectivity index (χ1) is 24.5. The molecule has 0 N–H and O–H groups in total. The largest absolute Gasteiger partial charge is 0.497 e. The number of allylic oxidation sites excluding steroid dienone is 1. The van der Waals surface area contributed by atoms with Crippen molar-refractivity contribution in [3.8, 4) is 11.5 Å². The van der Waals surface area contributed by atoms with Crippen LogP contribution in [0, 0.1) is 11.6 Å². The summed E-state index contributed by atoms with van der Waals surface area (Å²) in [6.07, 6.45) is 0.183. The van der Waals surface area contributed by atoms with Crippen molar-refractivity contribution in [3.63, 3.8) is 0 Å². The second-order valence-electron chi connectivity index (χ2n) is 12.5. The Labute approximate surface area is 306 Å². The molecule has 4 rings (SSSR count). The van der Waals surface area contributed by atoms with Crippen LogP contribution in [0.2, 0.25) is 5.02 Å². The van der Waals surface area contributed by atoms with Crippen molar-refractivity contribution >= 4 is 40.2 Å². The summed E-state index contributed by atoms with van der Waals surface area (Å²) < 4.78 is 112. The van der Waals surface area contributed by atoms with E-state index < -0.39 is 50.4 Å². The van der Waals surface area contributed by atoms with Gasteiger partial charge < -0.3 is 19.3 Å². The number of rotatable bonds is 14. The maximum absolute atomic E-state index is 16.1. The van der Waals surface area contributed by atoms with E-state index in [0.717, 1.165) is 22.5 Å². The Morgan fingerprint density at radius 1 is 1.08 bits per heavy atom. The first-order valence-corrected chi connectivity index (χ1v) is 17.9. The molecule has 0 radical (unpaired) electrons. The second-order valence-corrected chi connectivity index (χ2v) is 14.7. The summed E-state index contributed by atoms with van der Waals surface area (Å²) in [6, 6.07) is 10.3. The summed E-state index contributed by atoms with van der Waals surface area (Å²) in [5.74, 6) is -2.16. The van der Waals surface area contributed by atoms with Crippen LogP contribution in [-0.4, -0.2) is 84.5 Å². The highest BCUT2D eigenvalue weighted by Crippen LogP contribution is 2.39. The number of methoxy groups -OCH3 is 2. The Hall–Kier alpha value is -4.21. The molecule has 3 aromatic carbocycles. The summed E-state index contributed by atoms with van der Waals surface area (Å²) in [5, 5.41) is -0.387. The van der Waals surface area contributed by atoms with Crippen molar-refractivity contribution in [1.82, 2.24) is 9.21 Å². The highest BCUT2D eigenvalue weighted by molar-refractivity contribution is 7.89. The Morgan fingerprint density at radius 3 is 2.33 bits per heavy atom. The van der Waals surface area contributed by atoms with Gasteiger partial charge in [0.15, 0.2) is 4.90 Å². The fourth-order valence-corrected chi connectivity index (χ4v) is 8.13. The van der Waals surface area contributed by atoms with E-state index >= 15 is 8.78 Å². The zero-order valence-electron chi connectivity index (χ0n) is 29.5. The third-order valence-electron chi connectivity index (χ3n) is 9.22. The molecule has 0 bridgehead atoms. The zero-order chi connectivity index (χ0) is 38.4. The lowest BCUT2D eigenvalue weighted by molar-refractivity contribution is -0.137. The lowest BCUT2D eigenvalue weighted by Crippen LogP contribution is -2.56. The van der Waals surface area contributed by atoms with Crippen LogP contribution in [0.4, 0.5) is 27.6 Å². The van der Waals surface area contributed by atoms with Gasteiger partial charge in [-0.2, -0.15) is 13.2 Å². The lowest BCUT2D eigenvalue weighted by atomic mass is 9.82. The Balaban J connectivity index is 1.68. The fourth-order valence-electron chi connectivity index (χ4n) is 6.31. The van der Waals surface area contributed by atoms with Crippen LogP contribution in [0.25, 0.3) is 0 Å². The highest BCUT2D eigenvalue weighted by atomic mass is 35.5. The number of alkyl halides is 3. The number of anilines is 1. The predicted molar refractivity (Wildman–Crippen MR) is 193 cm³/mol. The molecule has 1 atom stereocenters. The van der Waals surface area contributed by atoms with Gasteiger partial charge in [0.05, 0.1) is 31.4 Å². The molecule has 1 aliphatic heterocycles. The normalized spacial score (nSPS) is 17.2. The number of likely N-dealkylation sites (N-methyl/N-ethyl adjacent to an activating group) is 1. The van der Waals surface area contributed by atoms with Gasteiger partial charge in [-0.3, -0.25) is 4.99 Å². The van der Waals surface area contributed by atoms with E-state index in [1.54, 1.807) is 23.1 Å². The molecule has 1 fully saturated rings. The van der Waals surface area contributed by atoms with Crippen molar-refractivity contribution in [2.75, 3.05) is 53.4 Å². The first kappa shape index (κ1) is 40.6. The minimum atomic E-state index is -4.96. The number of aliphatic imine (C=N–C) groups is 2. The molecule has 0 spiro atoms. The summed E-state index contributed by atoms with van der Waals surface area (Å²) >= 11 is 5.96. The van der Waals surface area contributed by atoms with Crippen LogP contribution in [0.5, 0.6) is 11.5 Å². The Morgan fingerprint density at radius 2 is 1.77 bits per heavy atom. The van der Waals surface area contributed by atoms with Gasteiger partial charge in [-0.25, -0.2) is 26.5 Å². The molecule has 9 nitrogen and oxygen atoms in total. The molecule has 282 valence electrons. The third kappa shape index (κ3) is 8.87. The quantitative estimate of drug-likeness (QED) is 0.124. The van der Waals surface area contributed by atoms with Gasteiger partial charge >= 0.3 is 6.18 Å². The van der Waals surface area contributed by atoms with Gasteiger partial charge in [0, 0.05) is 49.2 Å². The number of hydrogen-bond donors (Lipinski definition) is 0. The number of nitrogens with zero attached hydrogens (tertiary/aromatic N) is 5. The molecule has 1 saturated heterocycles. The highest BCUT2D eigenvalue weighted by Gasteiger charge is 2.39. The third-order valence-corrected chi connectivity index (χ3v) is 11.3. The molecule has 0 amide bonds. The van der Waals surface area contributed by atoms with Crippen molar-refractivity contribution in [3.05, 3.63) is 93.8 Å². The molecule has 0 aromatic heterocycles. The minimum absolute atomic E-state index is 0.136. The summed E-state index contributed by atoms with van der Waals surface area (Å²) in [7, 11) is 3.08. The van der Waals surface area contributed by atoms with Crippen LogP contribution in [0.1, 0.15) is 36.0 Å². The minimum Gasteiger partial charge on any atom is -0.497 e. The van der Waals surface area contributed by atoms with E-state index in [4.69, 9.17) is 21.1 Å². The second kappa shape index (κ2) is 16.6. The molecular formula is C36H41ClF5N5O4S. The van der Waals surface area contributed by atoms with Gasteiger partial charge in [0.25, 0.3) is 10.0 Å². The standard InChI is InChI=1S/C36H41ClF5N5O4S/c1-43-16-13-33(44-2)47(22-25-9-10-27(50-5)21-32(25)51-6)52(48,49)34-30(38)19-26(20-31(34)39)46-17-7-14-35(23-46,45(3)4)15-12-24-8-11-28(29(37)18-24)36(40,41)42/h8-11,13,16,18-21H,2,7,12,14-15,17,22-23H2,1,3-6H3/b33-13+,43-16-/t35-/m0/s1. The predicted octanol–water partition coefficient (Wildman–Crippen LogP) is 7.62. The maximum Gasteiger partial charge on any atom is 0.417 e.